The molecule has 3 nitrogen and oxygen atoms in total. The van der Waals surface area contributed by atoms with E-state index in [2.05, 4.69) is 5.73 Å². The Kier molecular flexibility index (Phi) is 4.20. The van der Waals surface area contributed by atoms with Crippen LogP contribution in [0.3, 0.4) is 0 Å². The van der Waals surface area contributed by atoms with E-state index in [-0.39, 0.29) is 17.3 Å². The summed E-state index contributed by atoms with van der Waals surface area (Å²) < 4.78 is 38.2. The second-order valence-corrected chi connectivity index (χ2v) is 6.82. The topological polar surface area (TPSA) is 61.8 Å². The lowest BCUT2D eigenvalue weighted by molar-refractivity contribution is -0.367. The average Bonchev–Trinajstić information content (AvgIpc) is 2.42. The van der Waals surface area contributed by atoms with Gasteiger partial charge in [-0.15, -0.1) is 0 Å². The highest BCUT2D eigenvalue weighted by Gasteiger charge is 2.29. The van der Waals surface area contributed by atoms with Gasteiger partial charge in [-0.2, -0.15) is 0 Å². The van der Waals surface area contributed by atoms with Crippen molar-refractivity contribution in [3.05, 3.63) is 65.5 Å². The van der Waals surface area contributed by atoms with Crippen LogP contribution >= 0.6 is 0 Å². The third kappa shape index (κ3) is 2.89. The number of sulfone groups is 1. The van der Waals surface area contributed by atoms with Crippen molar-refractivity contribution in [2.75, 3.05) is 6.54 Å². The molecule has 0 bridgehead atoms. The van der Waals surface area contributed by atoms with Gasteiger partial charge in [0.15, 0.2) is 9.84 Å². The van der Waals surface area contributed by atoms with Gasteiger partial charge in [-0.05, 0) is 36.8 Å². The van der Waals surface area contributed by atoms with E-state index in [1.165, 1.54) is 24.3 Å². The molecule has 1 atom stereocenters. The number of hydrogen-bond acceptors (Lipinski definition) is 2. The fourth-order valence-corrected chi connectivity index (χ4v) is 3.74. The predicted molar refractivity (Wildman–Crippen MR) is 75.3 cm³/mol. The fraction of sp³-hybridized carbons (Fsp3) is 0.200. The molecule has 0 saturated carbocycles. The van der Waals surface area contributed by atoms with E-state index in [1.54, 1.807) is 24.3 Å². The summed E-state index contributed by atoms with van der Waals surface area (Å²) in [6.45, 7) is 2.09. The average molecular weight is 294 g/mol. The minimum absolute atomic E-state index is 0.196. The molecule has 0 radical (unpaired) electrons. The zero-order chi connectivity index (χ0) is 14.8. The molecular weight excluding hydrogens is 277 g/mol. The maximum atomic E-state index is 13.0. The second-order valence-electron chi connectivity index (χ2n) is 4.69. The third-order valence-electron chi connectivity index (χ3n) is 3.23. The van der Waals surface area contributed by atoms with Crippen molar-refractivity contribution in [2.24, 2.45) is 0 Å². The Morgan fingerprint density at radius 2 is 1.60 bits per heavy atom. The highest BCUT2D eigenvalue weighted by atomic mass is 32.2. The van der Waals surface area contributed by atoms with Crippen LogP contribution < -0.4 is 5.73 Å². The summed E-state index contributed by atoms with van der Waals surface area (Å²) in [6.07, 6.45) is 0. The van der Waals surface area contributed by atoms with Crippen LogP contribution in [0, 0.1) is 12.7 Å². The Balaban J connectivity index is 2.44. The van der Waals surface area contributed by atoms with Gasteiger partial charge < -0.3 is 5.73 Å². The maximum Gasteiger partial charge on any atom is 0.190 e. The molecule has 20 heavy (non-hydrogen) atoms. The quantitative estimate of drug-likeness (QED) is 0.936. The van der Waals surface area contributed by atoms with Crippen LogP contribution in [0.25, 0.3) is 0 Å². The van der Waals surface area contributed by atoms with Crippen molar-refractivity contribution in [2.45, 2.75) is 17.1 Å². The molecule has 0 aromatic heterocycles. The van der Waals surface area contributed by atoms with Gasteiger partial charge in [0.1, 0.15) is 11.1 Å². The number of hydrogen-bond donors (Lipinski definition) is 1. The van der Waals surface area contributed by atoms with Gasteiger partial charge in [0.25, 0.3) is 0 Å². The molecule has 2 aromatic carbocycles. The molecule has 3 N–H and O–H groups in total. The SMILES string of the molecule is Cc1ccc(S(=O)(=O)[C@H](C[NH3+])c2ccc(F)cc2)cc1. The van der Waals surface area contributed by atoms with Crippen molar-refractivity contribution in [1.82, 2.24) is 0 Å². The smallest absolute Gasteiger partial charge is 0.190 e. The minimum Gasteiger partial charge on any atom is -0.356 e. The van der Waals surface area contributed by atoms with Gasteiger partial charge in [-0.25, -0.2) is 12.8 Å². The Labute approximate surface area is 118 Å². The monoisotopic (exact) mass is 294 g/mol. The highest BCUT2D eigenvalue weighted by Crippen LogP contribution is 2.28. The van der Waals surface area contributed by atoms with Gasteiger partial charge >= 0.3 is 0 Å². The van der Waals surface area contributed by atoms with Crippen molar-refractivity contribution in [3.8, 4) is 0 Å². The molecule has 0 unspecified atom stereocenters. The molecule has 5 heteroatoms. The zero-order valence-corrected chi connectivity index (χ0v) is 12.0. The molecule has 106 valence electrons. The molecule has 2 rings (SSSR count). The van der Waals surface area contributed by atoms with E-state index in [9.17, 15) is 12.8 Å². The van der Waals surface area contributed by atoms with Crippen LogP contribution in [0.1, 0.15) is 16.4 Å². The molecular formula is C15H17FNO2S+. The van der Waals surface area contributed by atoms with Crippen molar-refractivity contribution in [1.29, 1.82) is 0 Å². The summed E-state index contributed by atoms with van der Waals surface area (Å²) in [5.41, 5.74) is 5.28. The number of benzene rings is 2. The lowest BCUT2D eigenvalue weighted by Crippen LogP contribution is -2.54. The lowest BCUT2D eigenvalue weighted by Gasteiger charge is -2.15. The minimum atomic E-state index is -3.52. The molecule has 0 aliphatic rings. The fourth-order valence-electron chi connectivity index (χ4n) is 2.07. The number of aryl methyl sites for hydroxylation is 1. The molecule has 0 spiro atoms. The first kappa shape index (κ1) is 14.7. The summed E-state index contributed by atoms with van der Waals surface area (Å²) in [5, 5.41) is -0.759. The summed E-state index contributed by atoms with van der Waals surface area (Å²) in [5.74, 6) is -0.385. The van der Waals surface area contributed by atoms with E-state index in [4.69, 9.17) is 0 Å². The van der Waals surface area contributed by atoms with E-state index >= 15 is 0 Å². The number of rotatable bonds is 4. The number of quaternary nitrogens is 1. The van der Waals surface area contributed by atoms with Crippen molar-refractivity contribution < 1.29 is 18.5 Å². The van der Waals surface area contributed by atoms with Gasteiger partial charge in [-0.3, -0.25) is 0 Å². The highest BCUT2D eigenvalue weighted by molar-refractivity contribution is 7.91. The van der Waals surface area contributed by atoms with Gasteiger partial charge in [0.05, 0.1) is 11.4 Å². The second kappa shape index (κ2) is 5.73. The Morgan fingerprint density at radius 3 is 2.10 bits per heavy atom. The van der Waals surface area contributed by atoms with Gasteiger partial charge in [0, 0.05) is 0 Å². The molecule has 0 fully saturated rings. The molecule has 0 aliphatic carbocycles. The summed E-state index contributed by atoms with van der Waals surface area (Å²) in [7, 11) is -3.52. The zero-order valence-electron chi connectivity index (χ0n) is 11.2. The van der Waals surface area contributed by atoms with Crippen LogP contribution in [0.5, 0.6) is 0 Å². The normalized spacial score (nSPS) is 13.2. The van der Waals surface area contributed by atoms with E-state index in [0.717, 1.165) is 5.56 Å². The van der Waals surface area contributed by atoms with Gasteiger partial charge in [-0.1, -0.05) is 29.8 Å². The van der Waals surface area contributed by atoms with Crippen LogP contribution in [0.15, 0.2) is 53.4 Å². The van der Waals surface area contributed by atoms with E-state index in [0.29, 0.717) is 5.56 Å². The molecule has 0 heterocycles. The first-order valence-electron chi connectivity index (χ1n) is 6.30. The van der Waals surface area contributed by atoms with Crippen molar-refractivity contribution in [3.63, 3.8) is 0 Å². The summed E-state index contributed by atoms with van der Waals surface area (Å²) in [6, 6.07) is 12.2. The van der Waals surface area contributed by atoms with E-state index < -0.39 is 15.1 Å². The summed E-state index contributed by atoms with van der Waals surface area (Å²) in [4.78, 5) is 0.265. The van der Waals surface area contributed by atoms with Crippen LogP contribution in [-0.4, -0.2) is 15.0 Å². The Morgan fingerprint density at radius 1 is 1.05 bits per heavy atom. The van der Waals surface area contributed by atoms with E-state index in [1.807, 2.05) is 6.92 Å². The Bertz CT molecular complexity index is 679. The Hall–Kier alpha value is -1.72. The van der Waals surface area contributed by atoms with Crippen LogP contribution in [-0.2, 0) is 9.84 Å². The number of halogens is 1. The first-order valence-corrected chi connectivity index (χ1v) is 7.85. The van der Waals surface area contributed by atoms with Crippen LogP contribution in [0.2, 0.25) is 0 Å². The first-order chi connectivity index (χ1) is 9.45. The molecule has 0 amide bonds. The van der Waals surface area contributed by atoms with Gasteiger partial charge in [0.2, 0.25) is 0 Å². The molecule has 2 aromatic rings. The standard InChI is InChI=1S/C15H16FNO2S/c1-11-2-8-14(9-3-11)20(18,19)15(10-17)12-4-6-13(16)7-5-12/h2-9,15H,10,17H2,1H3/p+1/t15-/m1/s1. The molecule has 0 saturated heterocycles. The molecule has 0 aliphatic heterocycles. The third-order valence-corrected chi connectivity index (χ3v) is 5.41. The lowest BCUT2D eigenvalue weighted by atomic mass is 10.1. The summed E-state index contributed by atoms with van der Waals surface area (Å²) >= 11 is 0. The predicted octanol–water partition coefficient (Wildman–Crippen LogP) is 1.89. The van der Waals surface area contributed by atoms with Crippen LogP contribution in [0.4, 0.5) is 4.39 Å². The largest absolute Gasteiger partial charge is 0.356 e. The maximum absolute atomic E-state index is 13.0. The van der Waals surface area contributed by atoms with Crippen molar-refractivity contribution >= 4 is 9.84 Å².